The molecule has 1 atom stereocenters. The van der Waals surface area contributed by atoms with Gasteiger partial charge in [-0.2, -0.15) is 0 Å². The van der Waals surface area contributed by atoms with E-state index in [2.05, 4.69) is 0 Å². The van der Waals surface area contributed by atoms with Crippen molar-refractivity contribution in [3.63, 3.8) is 0 Å². The molecule has 12 nitrogen and oxygen atoms in total. The molecular weight excluding hydrogens is 713 g/mol. The van der Waals surface area contributed by atoms with Gasteiger partial charge in [-0.25, -0.2) is 22.7 Å². The van der Waals surface area contributed by atoms with Crippen molar-refractivity contribution in [1.82, 2.24) is 9.62 Å². The van der Waals surface area contributed by atoms with Gasteiger partial charge in [-0.15, -0.1) is 0 Å². The second-order valence-electron chi connectivity index (χ2n) is 12.7. The zero-order valence-electron chi connectivity index (χ0n) is 29.3. The quantitative estimate of drug-likeness (QED) is 0.120. The maximum Gasteiger partial charge on any atom is 0.336 e. The standard InChI is InChI=1S/C41H36N2O10S/c1-25-18-19-37(36(20-25)52-2)54(50,51)42-38(44)31-22-32(34(41(48)49)23-33(31)40(46)47)39(45)43(35-17-9-12-27-11-6-7-16-30(27)35)24-26-10-8-15-29(21-26)53-28-13-4-3-5-14-28/h3-8,10-11,13-16,18-23,35H,9,12,17,24H2,1-2H3,(H,42,44)(H,46,47)(H,48,49)/t35-/m0/s1. The van der Waals surface area contributed by atoms with E-state index in [1.54, 1.807) is 43.3 Å². The third kappa shape index (κ3) is 7.96. The number of amides is 2. The summed E-state index contributed by atoms with van der Waals surface area (Å²) in [5, 5.41) is 20.4. The molecule has 0 bridgehead atoms. The first-order valence-corrected chi connectivity index (χ1v) is 18.4. The number of carboxylic acid groups (broad SMARTS) is 2. The molecule has 6 rings (SSSR count). The number of hydrogen-bond acceptors (Lipinski definition) is 8. The molecule has 0 spiro atoms. The van der Waals surface area contributed by atoms with Gasteiger partial charge < -0.3 is 24.6 Å². The molecule has 0 saturated carbocycles. The van der Waals surface area contributed by atoms with Crippen LogP contribution in [0.1, 0.15) is 82.6 Å². The highest BCUT2D eigenvalue weighted by molar-refractivity contribution is 7.90. The number of aryl methyl sites for hydroxylation is 2. The predicted molar refractivity (Wildman–Crippen MR) is 198 cm³/mol. The molecule has 1 aliphatic carbocycles. The molecule has 1 aliphatic rings. The van der Waals surface area contributed by atoms with Gasteiger partial charge in [-0.3, -0.25) is 9.59 Å². The number of aromatic carboxylic acids is 2. The molecule has 0 radical (unpaired) electrons. The molecule has 5 aromatic carbocycles. The fraction of sp³-hybridized carbons (Fsp3) is 0.171. The second-order valence-corrected chi connectivity index (χ2v) is 14.4. The third-order valence-electron chi connectivity index (χ3n) is 9.13. The summed E-state index contributed by atoms with van der Waals surface area (Å²) in [5.74, 6) is -4.49. The molecule has 54 heavy (non-hydrogen) atoms. The first-order valence-electron chi connectivity index (χ1n) is 16.9. The maximum absolute atomic E-state index is 14.9. The Hall–Kier alpha value is -6.47. The number of benzene rings is 5. The van der Waals surface area contributed by atoms with Gasteiger partial charge in [-0.05, 0) is 97.0 Å². The lowest BCUT2D eigenvalue weighted by atomic mass is 9.86. The summed E-state index contributed by atoms with van der Waals surface area (Å²) >= 11 is 0. The minimum atomic E-state index is -4.64. The van der Waals surface area contributed by atoms with Crippen molar-refractivity contribution in [1.29, 1.82) is 0 Å². The van der Waals surface area contributed by atoms with Gasteiger partial charge in [0, 0.05) is 6.54 Å². The van der Waals surface area contributed by atoms with E-state index < -0.39 is 62.1 Å². The Balaban J connectivity index is 1.44. The molecule has 276 valence electrons. The van der Waals surface area contributed by atoms with Crippen molar-refractivity contribution in [3.05, 3.63) is 154 Å². The highest BCUT2D eigenvalue weighted by Gasteiger charge is 2.35. The van der Waals surface area contributed by atoms with Crippen LogP contribution in [0, 0.1) is 6.92 Å². The fourth-order valence-corrected chi connectivity index (χ4v) is 7.72. The zero-order valence-corrected chi connectivity index (χ0v) is 30.1. The van der Waals surface area contributed by atoms with E-state index >= 15 is 0 Å². The number of nitrogens with one attached hydrogen (secondary N) is 1. The van der Waals surface area contributed by atoms with E-state index in [-0.39, 0.29) is 17.2 Å². The molecule has 0 aromatic heterocycles. The van der Waals surface area contributed by atoms with Crippen LogP contribution in [-0.2, 0) is 23.0 Å². The third-order valence-corrected chi connectivity index (χ3v) is 10.5. The number of carboxylic acids is 2. The number of hydrogen-bond donors (Lipinski definition) is 3. The number of fused-ring (bicyclic) bond motifs is 1. The van der Waals surface area contributed by atoms with Gasteiger partial charge in [0.25, 0.3) is 21.8 Å². The predicted octanol–water partition coefficient (Wildman–Crippen LogP) is 7.03. The maximum atomic E-state index is 14.9. The molecular formula is C41H36N2O10S. The Kier molecular flexibility index (Phi) is 10.8. The van der Waals surface area contributed by atoms with E-state index in [1.165, 1.54) is 30.2 Å². The van der Waals surface area contributed by atoms with Crippen LogP contribution >= 0.6 is 0 Å². The lowest BCUT2D eigenvalue weighted by molar-refractivity contribution is 0.0613. The van der Waals surface area contributed by atoms with Gasteiger partial charge in [0.2, 0.25) is 0 Å². The Labute approximate surface area is 311 Å². The summed E-state index contributed by atoms with van der Waals surface area (Å²) in [6.07, 6.45) is 2.02. The minimum Gasteiger partial charge on any atom is -0.495 e. The summed E-state index contributed by atoms with van der Waals surface area (Å²) in [6.45, 7) is 1.69. The molecule has 5 aromatic rings. The Morgan fingerprint density at radius 2 is 1.44 bits per heavy atom. The smallest absolute Gasteiger partial charge is 0.336 e. The zero-order chi connectivity index (χ0) is 38.6. The molecule has 0 fully saturated rings. The monoisotopic (exact) mass is 748 g/mol. The number of ether oxygens (including phenoxy) is 2. The Morgan fingerprint density at radius 1 is 0.778 bits per heavy atom. The average molecular weight is 749 g/mol. The molecule has 3 N–H and O–H groups in total. The molecule has 0 aliphatic heterocycles. The largest absolute Gasteiger partial charge is 0.495 e. The summed E-state index contributed by atoms with van der Waals surface area (Å²) in [6, 6.07) is 29.0. The van der Waals surface area contributed by atoms with Crippen LogP contribution in [0.3, 0.4) is 0 Å². The Morgan fingerprint density at radius 3 is 2.17 bits per heavy atom. The van der Waals surface area contributed by atoms with Crippen LogP contribution in [-0.4, -0.2) is 54.4 Å². The lowest BCUT2D eigenvalue weighted by Crippen LogP contribution is -2.38. The molecule has 0 unspecified atom stereocenters. The van der Waals surface area contributed by atoms with Crippen LogP contribution in [0.4, 0.5) is 0 Å². The van der Waals surface area contributed by atoms with E-state index in [0.717, 1.165) is 30.0 Å². The number of rotatable bonds is 12. The number of para-hydroxylation sites is 1. The van der Waals surface area contributed by atoms with Gasteiger partial charge in [0.1, 0.15) is 22.1 Å². The molecule has 0 saturated heterocycles. The van der Waals surface area contributed by atoms with Crippen LogP contribution < -0.4 is 14.2 Å². The van der Waals surface area contributed by atoms with Crippen molar-refractivity contribution in [3.8, 4) is 17.2 Å². The van der Waals surface area contributed by atoms with Crippen LogP contribution in [0.2, 0.25) is 0 Å². The minimum absolute atomic E-state index is 0.0211. The van der Waals surface area contributed by atoms with Crippen molar-refractivity contribution in [2.45, 2.75) is 43.7 Å². The summed E-state index contributed by atoms with van der Waals surface area (Å²) in [4.78, 5) is 54.8. The van der Waals surface area contributed by atoms with Crippen LogP contribution in [0.25, 0.3) is 0 Å². The van der Waals surface area contributed by atoms with Crippen molar-refractivity contribution in [2.24, 2.45) is 0 Å². The van der Waals surface area contributed by atoms with Gasteiger partial charge in [0.15, 0.2) is 0 Å². The Bertz CT molecular complexity index is 2380. The van der Waals surface area contributed by atoms with E-state index in [9.17, 15) is 37.8 Å². The van der Waals surface area contributed by atoms with Crippen LogP contribution in [0.5, 0.6) is 17.2 Å². The van der Waals surface area contributed by atoms with Crippen LogP contribution in [0.15, 0.2) is 114 Å². The number of nitrogens with zero attached hydrogens (tertiary/aromatic N) is 1. The van der Waals surface area contributed by atoms with E-state index in [4.69, 9.17) is 9.47 Å². The fourth-order valence-electron chi connectivity index (χ4n) is 6.61. The summed E-state index contributed by atoms with van der Waals surface area (Å²) < 4.78 is 39.9. The van der Waals surface area contributed by atoms with Gasteiger partial charge in [0.05, 0.1) is 35.4 Å². The van der Waals surface area contributed by atoms with Crippen molar-refractivity contribution in [2.75, 3.05) is 7.11 Å². The normalized spacial score (nSPS) is 13.6. The lowest BCUT2D eigenvalue weighted by Gasteiger charge is -2.36. The van der Waals surface area contributed by atoms with Gasteiger partial charge in [-0.1, -0.05) is 60.7 Å². The van der Waals surface area contributed by atoms with Gasteiger partial charge >= 0.3 is 11.9 Å². The van der Waals surface area contributed by atoms with Crippen molar-refractivity contribution >= 4 is 33.8 Å². The first-order chi connectivity index (χ1) is 25.9. The van der Waals surface area contributed by atoms with E-state index in [0.29, 0.717) is 35.1 Å². The molecule has 0 heterocycles. The first kappa shape index (κ1) is 37.3. The molecule has 13 heteroatoms. The summed E-state index contributed by atoms with van der Waals surface area (Å²) in [5.41, 5.74) is 0.497. The number of sulfonamides is 1. The second kappa shape index (κ2) is 15.6. The number of carbonyl (C=O) groups is 4. The average Bonchev–Trinajstić information content (AvgIpc) is 3.16. The topological polar surface area (TPSA) is 177 Å². The highest BCUT2D eigenvalue weighted by atomic mass is 32.2. The van der Waals surface area contributed by atoms with Crippen molar-refractivity contribution < 1.29 is 47.3 Å². The SMILES string of the molecule is COc1cc(C)ccc1S(=O)(=O)NC(=O)c1cc(C(=O)N(Cc2cccc(Oc3ccccc3)c2)[C@H]2CCCc3ccccc32)c(C(=O)O)cc1C(=O)O. The number of carbonyl (C=O) groups excluding carboxylic acids is 2. The number of methoxy groups -OCH3 is 1. The molecule has 2 amide bonds. The van der Waals surface area contributed by atoms with E-state index in [1.807, 2.05) is 47.2 Å². The summed E-state index contributed by atoms with van der Waals surface area (Å²) in [7, 11) is -3.39. The highest BCUT2D eigenvalue weighted by Crippen LogP contribution is 2.37.